The summed E-state index contributed by atoms with van der Waals surface area (Å²) >= 11 is 0. The third kappa shape index (κ3) is 4.49. The zero-order valence-electron chi connectivity index (χ0n) is 12.8. The van der Waals surface area contributed by atoms with Crippen LogP contribution in [0.5, 0.6) is 0 Å². The van der Waals surface area contributed by atoms with Gasteiger partial charge in [-0.15, -0.1) is 0 Å². The van der Waals surface area contributed by atoms with Gasteiger partial charge in [-0.2, -0.15) is 21.6 Å². The topological polar surface area (TPSA) is 121 Å². The summed E-state index contributed by atoms with van der Waals surface area (Å²) in [5.74, 6) is -4.64. The molecule has 0 saturated carbocycles. The Balaban J connectivity index is 2.56. The van der Waals surface area contributed by atoms with E-state index in [1.54, 1.807) is 5.32 Å². The van der Waals surface area contributed by atoms with Crippen LogP contribution in [0.1, 0.15) is 15.9 Å². The van der Waals surface area contributed by atoms with E-state index in [1.165, 1.54) is 24.3 Å². The van der Waals surface area contributed by atoms with Crippen LogP contribution in [0.3, 0.4) is 0 Å². The smallest absolute Gasteiger partial charge is 0.417 e. The molecule has 0 aliphatic rings. The van der Waals surface area contributed by atoms with Crippen molar-refractivity contribution in [1.82, 2.24) is 5.32 Å². The van der Waals surface area contributed by atoms with E-state index in [9.17, 15) is 31.2 Å². The quantitative estimate of drug-likeness (QED) is 0.670. The van der Waals surface area contributed by atoms with Crippen molar-refractivity contribution in [2.24, 2.45) is 0 Å². The standard InChI is InChI=1S/C15H12F3NO6S/c16-15(17,18)10-6-5-8-3-1-2-4-9(8)12(10)13(20)19-11(14(21)22)7-26(23,24)25/h1-6,11H,7H2,(H,19,20)(H,21,22)(H,23,24,25)/t11-/m0/s1. The number of carbonyl (C=O) groups excluding carboxylic acids is 1. The molecule has 0 radical (unpaired) electrons. The minimum Gasteiger partial charge on any atom is -0.480 e. The number of carbonyl (C=O) groups is 2. The summed E-state index contributed by atoms with van der Waals surface area (Å²) in [6, 6.07) is 5.34. The van der Waals surface area contributed by atoms with E-state index in [1.807, 2.05) is 0 Å². The number of halogens is 3. The molecule has 7 nitrogen and oxygen atoms in total. The van der Waals surface area contributed by atoms with Crippen molar-refractivity contribution >= 4 is 32.8 Å². The molecule has 0 aromatic heterocycles. The fraction of sp³-hybridized carbons (Fsp3) is 0.200. The van der Waals surface area contributed by atoms with Crippen molar-refractivity contribution < 1.29 is 40.8 Å². The van der Waals surface area contributed by atoms with Crippen molar-refractivity contribution in [2.45, 2.75) is 12.2 Å². The van der Waals surface area contributed by atoms with Gasteiger partial charge in [0.2, 0.25) is 0 Å². The van der Waals surface area contributed by atoms with Crippen molar-refractivity contribution in [2.75, 3.05) is 5.75 Å². The van der Waals surface area contributed by atoms with Gasteiger partial charge in [0.1, 0.15) is 11.8 Å². The van der Waals surface area contributed by atoms with Crippen molar-refractivity contribution in [1.29, 1.82) is 0 Å². The first kappa shape index (κ1) is 19.7. The Hall–Kier alpha value is -2.66. The number of carboxylic acids is 1. The zero-order chi connectivity index (χ0) is 19.7. The number of fused-ring (bicyclic) bond motifs is 1. The molecule has 0 unspecified atom stereocenters. The first-order valence-electron chi connectivity index (χ1n) is 6.98. The number of hydrogen-bond donors (Lipinski definition) is 3. The van der Waals surface area contributed by atoms with Gasteiger partial charge in [0.25, 0.3) is 16.0 Å². The van der Waals surface area contributed by atoms with Crippen LogP contribution in [-0.2, 0) is 21.1 Å². The van der Waals surface area contributed by atoms with E-state index in [2.05, 4.69) is 0 Å². The average molecular weight is 391 g/mol. The highest BCUT2D eigenvalue weighted by Crippen LogP contribution is 2.35. The van der Waals surface area contributed by atoms with Crippen LogP contribution in [0.4, 0.5) is 13.2 Å². The van der Waals surface area contributed by atoms with Crippen LogP contribution in [0, 0.1) is 0 Å². The van der Waals surface area contributed by atoms with Crippen LogP contribution >= 0.6 is 0 Å². The predicted molar refractivity (Wildman–Crippen MR) is 84.3 cm³/mol. The maximum absolute atomic E-state index is 13.3. The summed E-state index contributed by atoms with van der Waals surface area (Å²) in [7, 11) is -4.79. The number of alkyl halides is 3. The molecular weight excluding hydrogens is 379 g/mol. The largest absolute Gasteiger partial charge is 0.480 e. The van der Waals surface area contributed by atoms with Crippen molar-refractivity contribution in [3.05, 3.63) is 47.5 Å². The summed E-state index contributed by atoms with van der Waals surface area (Å²) in [6.45, 7) is 0. The second-order valence-electron chi connectivity index (χ2n) is 5.32. The number of hydrogen-bond acceptors (Lipinski definition) is 4. The lowest BCUT2D eigenvalue weighted by Crippen LogP contribution is -2.45. The molecule has 2 aromatic carbocycles. The number of amides is 1. The van der Waals surface area contributed by atoms with E-state index < -0.39 is 51.1 Å². The Kier molecular flexibility index (Phi) is 5.23. The Morgan fingerprint density at radius 1 is 1.12 bits per heavy atom. The minimum absolute atomic E-state index is 0.0872. The van der Waals surface area contributed by atoms with Gasteiger partial charge in [0.05, 0.1) is 11.1 Å². The lowest BCUT2D eigenvalue weighted by molar-refractivity contribution is -0.138. The molecule has 0 bridgehead atoms. The lowest BCUT2D eigenvalue weighted by Gasteiger charge is -2.18. The molecule has 11 heteroatoms. The van der Waals surface area contributed by atoms with Crippen molar-refractivity contribution in [3.8, 4) is 0 Å². The number of rotatable bonds is 5. The molecule has 0 aliphatic carbocycles. The highest BCUT2D eigenvalue weighted by Gasteiger charge is 2.37. The minimum atomic E-state index is -4.90. The molecule has 0 saturated heterocycles. The molecule has 3 N–H and O–H groups in total. The number of aliphatic carboxylic acids is 1. The molecule has 0 fully saturated rings. The van der Waals surface area contributed by atoms with Crippen LogP contribution < -0.4 is 5.32 Å². The first-order valence-corrected chi connectivity index (χ1v) is 8.59. The fourth-order valence-electron chi connectivity index (χ4n) is 2.37. The van der Waals surface area contributed by atoms with Crippen LogP contribution in [0.25, 0.3) is 10.8 Å². The molecule has 0 aliphatic heterocycles. The summed E-state index contributed by atoms with van der Waals surface area (Å²) < 4.78 is 70.3. The molecule has 2 aromatic rings. The van der Waals surface area contributed by atoms with E-state index >= 15 is 0 Å². The summed E-state index contributed by atoms with van der Waals surface area (Å²) in [5.41, 5.74) is -2.14. The van der Waals surface area contributed by atoms with Gasteiger partial charge in [0, 0.05) is 0 Å². The molecule has 140 valence electrons. The third-order valence-electron chi connectivity index (χ3n) is 3.44. The van der Waals surface area contributed by atoms with Gasteiger partial charge < -0.3 is 10.4 Å². The monoisotopic (exact) mass is 391 g/mol. The normalized spacial score (nSPS) is 13.4. The highest BCUT2D eigenvalue weighted by molar-refractivity contribution is 7.85. The number of carboxylic acid groups (broad SMARTS) is 1. The predicted octanol–water partition coefficient (Wildman–Crippen LogP) is 1.93. The highest BCUT2D eigenvalue weighted by atomic mass is 32.2. The molecule has 0 heterocycles. The van der Waals surface area contributed by atoms with Crippen LogP contribution in [0.2, 0.25) is 0 Å². The van der Waals surface area contributed by atoms with Crippen LogP contribution in [-0.4, -0.2) is 41.7 Å². The fourth-order valence-corrected chi connectivity index (χ4v) is 3.02. The van der Waals surface area contributed by atoms with Gasteiger partial charge in [-0.1, -0.05) is 30.3 Å². The van der Waals surface area contributed by atoms with Gasteiger partial charge >= 0.3 is 12.1 Å². The summed E-state index contributed by atoms with van der Waals surface area (Å²) in [5, 5.41) is 10.9. The molecular formula is C15H12F3NO6S. The first-order chi connectivity index (χ1) is 11.9. The van der Waals surface area contributed by atoms with Crippen LogP contribution in [0.15, 0.2) is 36.4 Å². The SMILES string of the molecule is O=C(N[C@@H](CS(=O)(=O)O)C(=O)O)c1c(C(F)(F)F)ccc2ccccc12. The van der Waals surface area contributed by atoms with Gasteiger partial charge in [-0.05, 0) is 16.8 Å². The molecule has 2 rings (SSSR count). The molecule has 0 spiro atoms. The maximum atomic E-state index is 13.3. The zero-order valence-corrected chi connectivity index (χ0v) is 13.6. The maximum Gasteiger partial charge on any atom is 0.417 e. The number of nitrogens with one attached hydrogen (secondary N) is 1. The lowest BCUT2D eigenvalue weighted by atomic mass is 9.97. The number of benzene rings is 2. The summed E-state index contributed by atoms with van der Waals surface area (Å²) in [6.07, 6.45) is -4.90. The van der Waals surface area contributed by atoms with Gasteiger partial charge in [-0.3, -0.25) is 9.35 Å². The molecule has 26 heavy (non-hydrogen) atoms. The van der Waals surface area contributed by atoms with E-state index in [0.29, 0.717) is 11.5 Å². The van der Waals surface area contributed by atoms with Gasteiger partial charge in [0.15, 0.2) is 0 Å². The van der Waals surface area contributed by atoms with Crippen molar-refractivity contribution in [3.63, 3.8) is 0 Å². The second-order valence-corrected chi connectivity index (χ2v) is 6.82. The second kappa shape index (κ2) is 6.92. The summed E-state index contributed by atoms with van der Waals surface area (Å²) in [4.78, 5) is 23.5. The van der Waals surface area contributed by atoms with E-state index in [0.717, 1.165) is 6.07 Å². The Bertz CT molecular complexity index is 971. The Labute approximate surface area is 145 Å². The van der Waals surface area contributed by atoms with E-state index in [4.69, 9.17) is 9.66 Å². The molecule has 1 atom stereocenters. The van der Waals surface area contributed by atoms with Gasteiger partial charge in [-0.25, -0.2) is 4.79 Å². The Morgan fingerprint density at radius 2 is 1.73 bits per heavy atom. The molecule has 1 amide bonds. The average Bonchev–Trinajstić information content (AvgIpc) is 2.50. The Morgan fingerprint density at radius 3 is 2.27 bits per heavy atom. The van der Waals surface area contributed by atoms with E-state index in [-0.39, 0.29) is 5.39 Å². The third-order valence-corrected chi connectivity index (χ3v) is 4.20.